The molecule has 0 aliphatic heterocycles. The lowest BCUT2D eigenvalue weighted by atomic mass is 9.64. The van der Waals surface area contributed by atoms with E-state index in [0.29, 0.717) is 0 Å². The van der Waals surface area contributed by atoms with Gasteiger partial charge in [0.2, 0.25) is 0 Å². The van der Waals surface area contributed by atoms with Crippen LogP contribution in [0.1, 0.15) is 88.6 Å². The first-order valence-electron chi connectivity index (χ1n) is 11.1. The SMILES string of the molecule is CC(C)(C)C1=CC(Oc2ccc(C(C)(C)C)cc2)(C(C)(C)C)C=C(C(C)(C)C)C1=O. The summed E-state index contributed by atoms with van der Waals surface area (Å²) in [6.45, 7) is 25.8. The molecule has 0 bridgehead atoms. The zero-order valence-corrected chi connectivity index (χ0v) is 21.3. The van der Waals surface area contributed by atoms with Crippen LogP contribution in [0.3, 0.4) is 0 Å². The molecule has 0 atom stereocenters. The van der Waals surface area contributed by atoms with Crippen LogP contribution in [0.4, 0.5) is 0 Å². The second-order valence-corrected chi connectivity index (χ2v) is 12.9. The molecule has 0 spiro atoms. The van der Waals surface area contributed by atoms with E-state index in [9.17, 15) is 4.79 Å². The Morgan fingerprint density at radius 3 is 1.33 bits per heavy atom. The molecule has 0 radical (unpaired) electrons. The lowest BCUT2D eigenvalue weighted by Gasteiger charge is -2.46. The Morgan fingerprint density at radius 2 is 1.03 bits per heavy atom. The Hall–Kier alpha value is -1.83. The van der Waals surface area contributed by atoms with Crippen LogP contribution < -0.4 is 4.74 Å². The first-order valence-corrected chi connectivity index (χ1v) is 11.1. The van der Waals surface area contributed by atoms with Crippen LogP contribution in [0.2, 0.25) is 0 Å². The van der Waals surface area contributed by atoms with Gasteiger partial charge in [0, 0.05) is 16.6 Å². The van der Waals surface area contributed by atoms with E-state index in [1.807, 2.05) is 0 Å². The van der Waals surface area contributed by atoms with Crippen LogP contribution in [-0.4, -0.2) is 11.4 Å². The van der Waals surface area contributed by atoms with Crippen molar-refractivity contribution in [2.45, 2.75) is 94.1 Å². The summed E-state index contributed by atoms with van der Waals surface area (Å²) in [5.41, 5.74) is 1.53. The van der Waals surface area contributed by atoms with E-state index in [1.165, 1.54) is 5.56 Å². The predicted molar refractivity (Wildman–Crippen MR) is 128 cm³/mol. The number of rotatable bonds is 2. The highest BCUT2D eigenvalue weighted by atomic mass is 16.5. The molecule has 0 unspecified atom stereocenters. The summed E-state index contributed by atoms with van der Waals surface area (Å²) in [5.74, 6) is 0.961. The molecule has 0 saturated heterocycles. The molecule has 1 aliphatic carbocycles. The normalized spacial score (nSPS) is 18.1. The molecule has 0 N–H and O–H groups in total. The Balaban J connectivity index is 2.69. The maximum atomic E-state index is 13.4. The Kier molecular flexibility index (Phi) is 6.02. The maximum absolute atomic E-state index is 13.4. The molecular formula is C28H42O2. The molecule has 2 rings (SSSR count). The molecule has 2 nitrogen and oxygen atoms in total. The first kappa shape index (κ1) is 24.4. The van der Waals surface area contributed by atoms with Gasteiger partial charge >= 0.3 is 0 Å². The zero-order valence-electron chi connectivity index (χ0n) is 21.3. The van der Waals surface area contributed by atoms with Gasteiger partial charge in [0.15, 0.2) is 11.4 Å². The molecule has 1 aliphatic rings. The summed E-state index contributed by atoms with van der Waals surface area (Å²) in [6, 6.07) is 8.39. The van der Waals surface area contributed by atoms with Crippen molar-refractivity contribution in [1.82, 2.24) is 0 Å². The van der Waals surface area contributed by atoms with Crippen molar-refractivity contribution in [3.8, 4) is 5.75 Å². The van der Waals surface area contributed by atoms with Gasteiger partial charge in [-0.05, 0) is 46.1 Å². The molecule has 2 heteroatoms. The number of carbonyl (C=O) groups excluding carboxylic acids is 1. The van der Waals surface area contributed by atoms with Crippen molar-refractivity contribution in [2.75, 3.05) is 0 Å². The fourth-order valence-electron chi connectivity index (χ4n) is 3.72. The van der Waals surface area contributed by atoms with Crippen molar-refractivity contribution in [2.24, 2.45) is 16.2 Å². The molecule has 166 valence electrons. The molecule has 0 saturated carbocycles. The van der Waals surface area contributed by atoms with Gasteiger partial charge in [0.25, 0.3) is 0 Å². The van der Waals surface area contributed by atoms with Gasteiger partial charge in [-0.2, -0.15) is 0 Å². The van der Waals surface area contributed by atoms with E-state index in [0.717, 1.165) is 16.9 Å². The van der Waals surface area contributed by atoms with Gasteiger partial charge < -0.3 is 4.74 Å². The summed E-state index contributed by atoms with van der Waals surface area (Å²) in [6.07, 6.45) is 4.17. The third kappa shape index (κ3) is 4.90. The summed E-state index contributed by atoms with van der Waals surface area (Å²) in [5, 5.41) is 0. The molecule has 1 aromatic carbocycles. The number of Topliss-reactive ketones (excluding diaryl/α,β-unsaturated/α-hetero) is 1. The Labute approximate surface area is 184 Å². The molecule has 0 fully saturated rings. The minimum absolute atomic E-state index is 0.0934. The van der Waals surface area contributed by atoms with Gasteiger partial charge in [-0.15, -0.1) is 0 Å². The average Bonchev–Trinajstić information content (AvgIpc) is 2.53. The van der Waals surface area contributed by atoms with Crippen LogP contribution in [0, 0.1) is 16.2 Å². The van der Waals surface area contributed by atoms with Crippen molar-refractivity contribution < 1.29 is 9.53 Å². The van der Waals surface area contributed by atoms with E-state index >= 15 is 0 Å². The number of ether oxygens (including phenoxy) is 1. The van der Waals surface area contributed by atoms with Crippen LogP contribution in [-0.2, 0) is 10.2 Å². The minimum Gasteiger partial charge on any atom is -0.478 e. The molecule has 0 amide bonds. The van der Waals surface area contributed by atoms with Gasteiger partial charge in [0.05, 0.1) is 0 Å². The third-order valence-corrected chi connectivity index (χ3v) is 6.00. The van der Waals surface area contributed by atoms with E-state index < -0.39 is 5.60 Å². The summed E-state index contributed by atoms with van der Waals surface area (Å²) in [7, 11) is 0. The van der Waals surface area contributed by atoms with E-state index in [1.54, 1.807) is 0 Å². The predicted octanol–water partition coefficient (Wildman–Crippen LogP) is 7.68. The van der Waals surface area contributed by atoms with Crippen molar-refractivity contribution in [1.29, 1.82) is 0 Å². The minimum atomic E-state index is -0.713. The smallest absolute Gasteiger partial charge is 0.185 e. The summed E-state index contributed by atoms with van der Waals surface area (Å²) in [4.78, 5) is 13.4. The lowest BCUT2D eigenvalue weighted by molar-refractivity contribution is -0.114. The average molecular weight is 411 g/mol. The largest absolute Gasteiger partial charge is 0.478 e. The molecule has 0 aromatic heterocycles. The summed E-state index contributed by atoms with van der Waals surface area (Å²) < 4.78 is 6.77. The van der Waals surface area contributed by atoms with Gasteiger partial charge in [0.1, 0.15) is 5.75 Å². The van der Waals surface area contributed by atoms with Gasteiger partial charge in [-0.3, -0.25) is 4.79 Å². The fourth-order valence-corrected chi connectivity index (χ4v) is 3.72. The van der Waals surface area contributed by atoms with Crippen molar-refractivity contribution in [3.05, 3.63) is 53.1 Å². The summed E-state index contributed by atoms with van der Waals surface area (Å²) >= 11 is 0. The van der Waals surface area contributed by atoms with Crippen LogP contribution >= 0.6 is 0 Å². The maximum Gasteiger partial charge on any atom is 0.185 e. The van der Waals surface area contributed by atoms with Gasteiger partial charge in [-0.25, -0.2) is 0 Å². The van der Waals surface area contributed by atoms with Crippen molar-refractivity contribution in [3.63, 3.8) is 0 Å². The van der Waals surface area contributed by atoms with E-state index in [-0.39, 0.29) is 27.4 Å². The van der Waals surface area contributed by atoms with Crippen molar-refractivity contribution >= 4 is 5.78 Å². The zero-order chi connectivity index (χ0) is 23.3. The number of hydrogen-bond acceptors (Lipinski definition) is 2. The topological polar surface area (TPSA) is 26.3 Å². The Morgan fingerprint density at radius 1 is 0.633 bits per heavy atom. The molecule has 1 aromatic rings. The number of allylic oxidation sites excluding steroid dienone is 2. The number of ketones is 1. The number of benzene rings is 1. The van der Waals surface area contributed by atoms with E-state index in [4.69, 9.17) is 4.74 Å². The van der Waals surface area contributed by atoms with Crippen LogP contribution in [0.5, 0.6) is 5.75 Å². The first-order chi connectivity index (χ1) is 13.3. The highest BCUT2D eigenvalue weighted by molar-refractivity contribution is 6.11. The fraction of sp³-hybridized carbons (Fsp3) is 0.607. The van der Waals surface area contributed by atoms with Gasteiger partial charge in [-0.1, -0.05) is 95.2 Å². The number of carbonyl (C=O) groups is 1. The lowest BCUT2D eigenvalue weighted by Crippen LogP contribution is -2.49. The quantitative estimate of drug-likeness (QED) is 0.500. The third-order valence-electron chi connectivity index (χ3n) is 6.00. The second kappa shape index (κ2) is 7.39. The molecular weight excluding hydrogens is 368 g/mol. The highest BCUT2D eigenvalue weighted by Crippen LogP contribution is 2.47. The molecule has 0 heterocycles. The van der Waals surface area contributed by atoms with Crippen LogP contribution in [0.25, 0.3) is 0 Å². The second-order valence-electron chi connectivity index (χ2n) is 12.9. The Bertz CT molecular complexity index is 818. The molecule has 30 heavy (non-hydrogen) atoms. The monoisotopic (exact) mass is 410 g/mol. The van der Waals surface area contributed by atoms with E-state index in [2.05, 4.69) is 120 Å². The highest BCUT2D eigenvalue weighted by Gasteiger charge is 2.48. The number of hydrogen-bond donors (Lipinski definition) is 0. The standard InChI is InChI=1S/C28H42O2/c1-24(2,3)19-13-15-20(16-14-19)30-28(27(10,11)12)17-21(25(4,5)6)23(29)22(18-28)26(7,8)9/h13-18H,1-12H3. The van der Waals surface area contributed by atoms with Crippen LogP contribution in [0.15, 0.2) is 47.6 Å².